The number of carbonyl (C=O) groups excluding carboxylic acids is 2. The van der Waals surface area contributed by atoms with E-state index < -0.39 is 11.8 Å². The summed E-state index contributed by atoms with van der Waals surface area (Å²) in [5, 5.41) is 9.15. The van der Waals surface area contributed by atoms with Crippen LogP contribution in [-0.4, -0.2) is 27.8 Å². The van der Waals surface area contributed by atoms with E-state index in [0.717, 1.165) is 17.3 Å². The molecule has 0 fully saturated rings. The zero-order valence-corrected chi connectivity index (χ0v) is 15.9. The Bertz CT molecular complexity index is 946. The van der Waals surface area contributed by atoms with E-state index in [2.05, 4.69) is 21.0 Å². The van der Waals surface area contributed by atoms with Crippen molar-refractivity contribution in [2.75, 3.05) is 5.75 Å². The fourth-order valence-electron chi connectivity index (χ4n) is 1.94. The van der Waals surface area contributed by atoms with Gasteiger partial charge in [0.1, 0.15) is 0 Å². The quantitative estimate of drug-likeness (QED) is 0.481. The molecule has 7 nitrogen and oxygen atoms in total. The van der Waals surface area contributed by atoms with E-state index in [-0.39, 0.29) is 11.0 Å². The van der Waals surface area contributed by atoms with Crippen LogP contribution < -0.4 is 10.9 Å². The zero-order valence-electron chi connectivity index (χ0n) is 13.6. The highest BCUT2D eigenvalue weighted by Gasteiger charge is 2.12. The predicted molar refractivity (Wildman–Crippen MR) is 103 cm³/mol. The molecule has 2 aromatic carbocycles. The van der Waals surface area contributed by atoms with Crippen LogP contribution in [0.25, 0.3) is 11.5 Å². The van der Waals surface area contributed by atoms with Crippen LogP contribution in [0, 0.1) is 0 Å². The molecule has 0 radical (unpaired) electrons. The number of thioether (sulfide) groups is 1. The average Bonchev–Trinajstić information content (AvgIpc) is 3.14. The summed E-state index contributed by atoms with van der Waals surface area (Å²) in [7, 11) is 0. The van der Waals surface area contributed by atoms with Crippen LogP contribution in [0.15, 0.2) is 58.2 Å². The predicted octanol–water partition coefficient (Wildman–Crippen LogP) is 3.60. The third kappa shape index (κ3) is 5.46. The summed E-state index contributed by atoms with van der Waals surface area (Å²) >= 11 is 12.6. The third-order valence-corrected chi connectivity index (χ3v) is 4.57. The molecule has 0 saturated heterocycles. The molecule has 0 atom stereocenters. The molecule has 0 unspecified atom stereocenters. The summed E-state index contributed by atoms with van der Waals surface area (Å²) in [5.74, 6) is -0.560. The van der Waals surface area contributed by atoms with Gasteiger partial charge in [0.05, 0.1) is 5.75 Å². The second-order valence-corrected chi connectivity index (χ2v) is 6.98. The molecule has 0 spiro atoms. The van der Waals surface area contributed by atoms with E-state index in [1.807, 2.05) is 0 Å². The first-order valence-electron chi connectivity index (χ1n) is 7.58. The Morgan fingerprint density at radius 3 is 2.22 bits per heavy atom. The van der Waals surface area contributed by atoms with Crippen LogP contribution in [0.2, 0.25) is 10.0 Å². The molecule has 10 heteroatoms. The Kier molecular flexibility index (Phi) is 6.33. The number of carbonyl (C=O) groups is 2. The Morgan fingerprint density at radius 1 is 0.926 bits per heavy atom. The maximum Gasteiger partial charge on any atom is 0.277 e. The maximum atomic E-state index is 11.9. The Labute approximate surface area is 168 Å². The maximum absolute atomic E-state index is 11.9. The number of rotatable bonds is 5. The largest absolute Gasteiger partial charge is 0.411 e. The van der Waals surface area contributed by atoms with Gasteiger partial charge >= 0.3 is 0 Å². The number of aromatic nitrogens is 2. The van der Waals surface area contributed by atoms with Crippen LogP contribution in [0.5, 0.6) is 0 Å². The van der Waals surface area contributed by atoms with Gasteiger partial charge in [-0.3, -0.25) is 20.4 Å². The van der Waals surface area contributed by atoms with Crippen LogP contribution >= 0.6 is 35.0 Å². The Hall–Kier alpha value is -2.55. The number of hydrazine groups is 1. The van der Waals surface area contributed by atoms with Crippen LogP contribution in [0.4, 0.5) is 0 Å². The van der Waals surface area contributed by atoms with Crippen LogP contribution in [0.1, 0.15) is 10.4 Å². The average molecular weight is 423 g/mol. The van der Waals surface area contributed by atoms with Crippen molar-refractivity contribution in [2.24, 2.45) is 0 Å². The van der Waals surface area contributed by atoms with Crippen LogP contribution in [0.3, 0.4) is 0 Å². The van der Waals surface area contributed by atoms with Gasteiger partial charge in [-0.25, -0.2) is 0 Å². The number of nitrogens with zero attached hydrogens (tertiary/aromatic N) is 2. The van der Waals surface area contributed by atoms with Crippen molar-refractivity contribution in [1.82, 2.24) is 21.0 Å². The molecular formula is C17H12Cl2N4O3S. The summed E-state index contributed by atoms with van der Waals surface area (Å²) in [6.45, 7) is 0. The normalized spacial score (nSPS) is 10.4. The lowest BCUT2D eigenvalue weighted by Crippen LogP contribution is -2.42. The smallest absolute Gasteiger partial charge is 0.277 e. The highest BCUT2D eigenvalue weighted by molar-refractivity contribution is 7.99. The van der Waals surface area contributed by atoms with Gasteiger partial charge in [-0.15, -0.1) is 10.2 Å². The molecule has 3 aromatic rings. The van der Waals surface area contributed by atoms with Crippen molar-refractivity contribution in [3.05, 3.63) is 64.1 Å². The number of amides is 2. The molecular weight excluding hydrogens is 411 g/mol. The lowest BCUT2D eigenvalue weighted by Gasteiger charge is -2.06. The molecule has 0 bridgehead atoms. The topological polar surface area (TPSA) is 97.1 Å². The van der Waals surface area contributed by atoms with E-state index >= 15 is 0 Å². The van der Waals surface area contributed by atoms with Gasteiger partial charge in [0.15, 0.2) is 0 Å². The zero-order chi connectivity index (χ0) is 19.2. The molecule has 2 amide bonds. The van der Waals surface area contributed by atoms with Crippen molar-refractivity contribution in [1.29, 1.82) is 0 Å². The molecule has 3 rings (SSSR count). The summed E-state index contributed by atoms with van der Waals surface area (Å²) in [5.41, 5.74) is 5.72. The lowest BCUT2D eigenvalue weighted by atomic mass is 10.2. The van der Waals surface area contributed by atoms with E-state index in [0.29, 0.717) is 21.5 Å². The second-order valence-electron chi connectivity index (χ2n) is 5.18. The number of hydrogen-bond acceptors (Lipinski definition) is 6. The Balaban J connectivity index is 1.47. The first kappa shape index (κ1) is 19.2. The number of benzene rings is 2. The second kappa shape index (κ2) is 8.90. The molecule has 2 N–H and O–H groups in total. The summed E-state index contributed by atoms with van der Waals surface area (Å²) in [6.07, 6.45) is 0. The molecule has 1 aromatic heterocycles. The standard InChI is InChI=1S/C17H12Cl2N4O3S/c18-12-5-1-10(2-6-12)15(25)21-20-14(24)9-27-17-23-22-16(26-17)11-3-7-13(19)8-4-11/h1-8H,9H2,(H,20,24)(H,21,25). The molecule has 27 heavy (non-hydrogen) atoms. The van der Waals surface area contributed by atoms with Gasteiger partial charge in [0.2, 0.25) is 11.8 Å². The first-order chi connectivity index (χ1) is 13.0. The molecule has 138 valence electrons. The number of halogens is 2. The third-order valence-electron chi connectivity index (χ3n) is 3.25. The SMILES string of the molecule is O=C(CSc1nnc(-c2ccc(Cl)cc2)o1)NNC(=O)c1ccc(Cl)cc1. The van der Waals surface area contributed by atoms with Gasteiger partial charge in [0, 0.05) is 21.2 Å². The number of hydrogen-bond donors (Lipinski definition) is 2. The molecule has 0 saturated carbocycles. The minimum absolute atomic E-state index is 0.0108. The van der Waals surface area contributed by atoms with Crippen LogP contribution in [-0.2, 0) is 4.79 Å². The highest BCUT2D eigenvalue weighted by Crippen LogP contribution is 2.24. The van der Waals surface area contributed by atoms with Gasteiger partial charge in [0.25, 0.3) is 11.1 Å². The minimum atomic E-state index is -0.451. The van der Waals surface area contributed by atoms with Gasteiger partial charge < -0.3 is 4.42 Å². The van der Waals surface area contributed by atoms with E-state index in [1.165, 1.54) is 0 Å². The number of nitrogens with one attached hydrogen (secondary N) is 2. The van der Waals surface area contributed by atoms with Gasteiger partial charge in [-0.1, -0.05) is 35.0 Å². The summed E-state index contributed by atoms with van der Waals surface area (Å²) in [4.78, 5) is 23.7. The molecule has 1 heterocycles. The highest BCUT2D eigenvalue weighted by atomic mass is 35.5. The van der Waals surface area contributed by atoms with E-state index in [9.17, 15) is 9.59 Å². The van der Waals surface area contributed by atoms with Crippen molar-refractivity contribution in [2.45, 2.75) is 5.22 Å². The lowest BCUT2D eigenvalue weighted by molar-refractivity contribution is -0.119. The van der Waals surface area contributed by atoms with Crippen molar-refractivity contribution in [3.63, 3.8) is 0 Å². The van der Waals surface area contributed by atoms with Crippen molar-refractivity contribution >= 4 is 46.8 Å². The summed E-state index contributed by atoms with van der Waals surface area (Å²) in [6, 6.07) is 13.2. The molecule has 0 aliphatic carbocycles. The van der Waals surface area contributed by atoms with E-state index in [1.54, 1.807) is 48.5 Å². The monoisotopic (exact) mass is 422 g/mol. The van der Waals surface area contributed by atoms with Crippen molar-refractivity contribution in [3.8, 4) is 11.5 Å². The van der Waals surface area contributed by atoms with E-state index in [4.69, 9.17) is 27.6 Å². The molecule has 0 aliphatic rings. The fraction of sp³-hybridized carbons (Fsp3) is 0.0588. The minimum Gasteiger partial charge on any atom is -0.411 e. The summed E-state index contributed by atoms with van der Waals surface area (Å²) < 4.78 is 5.48. The first-order valence-corrected chi connectivity index (χ1v) is 9.32. The fourth-order valence-corrected chi connectivity index (χ4v) is 2.76. The molecule has 0 aliphatic heterocycles. The Morgan fingerprint density at radius 2 is 1.56 bits per heavy atom. The van der Waals surface area contributed by atoms with Gasteiger partial charge in [-0.2, -0.15) is 0 Å². The van der Waals surface area contributed by atoms with Gasteiger partial charge in [-0.05, 0) is 48.5 Å². The van der Waals surface area contributed by atoms with Crippen molar-refractivity contribution < 1.29 is 14.0 Å².